The van der Waals surface area contributed by atoms with E-state index >= 15 is 0 Å². The van der Waals surface area contributed by atoms with E-state index in [1.807, 2.05) is 29.2 Å². The standard InChI is InChI=1S/C19H22N8O2/c20-17-13-4-3-11(8-15(13)24-25-17)14-9-16(23-18(21)22-14)26-5-1-2-12(10-26)27-6-7-29-19(27)28/h3-4,8-9,12H,1-2,5-7,10H2,(H3,20,24,25)(H2,21,22,23)/t12-/m1/s1. The minimum atomic E-state index is -0.230. The number of aromatic amines is 1. The topological polar surface area (TPSA) is 139 Å². The van der Waals surface area contributed by atoms with Crippen LogP contribution in [-0.2, 0) is 4.74 Å². The Bertz CT molecular complexity index is 1080. The van der Waals surface area contributed by atoms with Crippen LogP contribution >= 0.6 is 0 Å². The maximum Gasteiger partial charge on any atom is 0.410 e. The molecule has 29 heavy (non-hydrogen) atoms. The molecular weight excluding hydrogens is 372 g/mol. The van der Waals surface area contributed by atoms with Crippen LogP contribution in [0.1, 0.15) is 12.8 Å². The van der Waals surface area contributed by atoms with Gasteiger partial charge in [-0.15, -0.1) is 0 Å². The van der Waals surface area contributed by atoms with Gasteiger partial charge in [0.25, 0.3) is 0 Å². The van der Waals surface area contributed by atoms with Crippen molar-refractivity contribution in [2.24, 2.45) is 0 Å². The van der Waals surface area contributed by atoms with Crippen molar-refractivity contribution in [1.82, 2.24) is 25.1 Å². The van der Waals surface area contributed by atoms with E-state index in [2.05, 4.69) is 25.1 Å². The molecule has 2 saturated heterocycles. The molecule has 0 bridgehead atoms. The molecule has 1 amide bonds. The van der Waals surface area contributed by atoms with Crippen molar-refractivity contribution in [1.29, 1.82) is 0 Å². The summed E-state index contributed by atoms with van der Waals surface area (Å²) in [6, 6.07) is 7.85. The van der Waals surface area contributed by atoms with Gasteiger partial charge < -0.3 is 26.0 Å². The first-order chi connectivity index (χ1) is 14.1. The van der Waals surface area contributed by atoms with Crippen LogP contribution in [0, 0.1) is 0 Å². The number of ether oxygens (including phenoxy) is 1. The highest BCUT2D eigenvalue weighted by Gasteiger charge is 2.33. The van der Waals surface area contributed by atoms with Crippen molar-refractivity contribution in [2.45, 2.75) is 18.9 Å². The van der Waals surface area contributed by atoms with E-state index in [0.29, 0.717) is 25.5 Å². The Morgan fingerprint density at radius 1 is 1.17 bits per heavy atom. The Kier molecular flexibility index (Phi) is 4.11. The van der Waals surface area contributed by atoms with Gasteiger partial charge in [-0.3, -0.25) is 5.10 Å². The van der Waals surface area contributed by atoms with Crippen molar-refractivity contribution >= 4 is 34.6 Å². The molecule has 0 radical (unpaired) electrons. The molecule has 4 heterocycles. The highest BCUT2D eigenvalue weighted by Crippen LogP contribution is 2.29. The van der Waals surface area contributed by atoms with Gasteiger partial charge in [0, 0.05) is 30.1 Å². The first kappa shape index (κ1) is 17.5. The Labute approximate surface area is 166 Å². The van der Waals surface area contributed by atoms with Gasteiger partial charge in [-0.25, -0.2) is 9.78 Å². The van der Waals surface area contributed by atoms with Gasteiger partial charge in [0.2, 0.25) is 5.95 Å². The molecule has 0 unspecified atom stereocenters. The zero-order chi connectivity index (χ0) is 20.0. The van der Waals surface area contributed by atoms with Gasteiger partial charge in [0.05, 0.1) is 23.8 Å². The lowest BCUT2D eigenvalue weighted by atomic mass is 10.0. The third-order valence-electron chi connectivity index (χ3n) is 5.57. The summed E-state index contributed by atoms with van der Waals surface area (Å²) < 4.78 is 5.10. The third kappa shape index (κ3) is 3.16. The fourth-order valence-corrected chi connectivity index (χ4v) is 4.12. The van der Waals surface area contributed by atoms with Gasteiger partial charge in [0.1, 0.15) is 12.4 Å². The summed E-state index contributed by atoms with van der Waals surface area (Å²) in [6.45, 7) is 2.65. The second-order valence-electron chi connectivity index (χ2n) is 7.39. The predicted octanol–water partition coefficient (Wildman–Crippen LogP) is 1.61. The minimum Gasteiger partial charge on any atom is -0.448 e. The molecule has 150 valence electrons. The Hall–Kier alpha value is -3.56. The molecule has 10 heteroatoms. The molecule has 0 spiro atoms. The maximum absolute atomic E-state index is 11.9. The van der Waals surface area contributed by atoms with Crippen molar-refractivity contribution < 1.29 is 9.53 Å². The van der Waals surface area contributed by atoms with Gasteiger partial charge in [0.15, 0.2) is 5.82 Å². The number of anilines is 3. The Morgan fingerprint density at radius 2 is 2.07 bits per heavy atom. The number of carbonyl (C=O) groups is 1. The molecular formula is C19H22N8O2. The summed E-state index contributed by atoms with van der Waals surface area (Å²) in [4.78, 5) is 24.8. The number of benzene rings is 1. The van der Waals surface area contributed by atoms with E-state index in [-0.39, 0.29) is 18.1 Å². The fourth-order valence-electron chi connectivity index (χ4n) is 4.12. The second kappa shape index (κ2) is 6.80. The number of nitrogens with zero attached hydrogens (tertiary/aromatic N) is 5. The largest absolute Gasteiger partial charge is 0.448 e. The number of rotatable bonds is 3. The highest BCUT2D eigenvalue weighted by molar-refractivity contribution is 5.91. The van der Waals surface area contributed by atoms with E-state index < -0.39 is 0 Å². The number of nitrogen functional groups attached to an aromatic ring is 2. The zero-order valence-corrected chi connectivity index (χ0v) is 15.8. The van der Waals surface area contributed by atoms with Crippen molar-refractivity contribution in [3.63, 3.8) is 0 Å². The summed E-state index contributed by atoms with van der Waals surface area (Å²) in [6.07, 6.45) is 1.69. The van der Waals surface area contributed by atoms with Crippen molar-refractivity contribution in [3.05, 3.63) is 24.3 Å². The number of fused-ring (bicyclic) bond motifs is 1. The number of H-pyrrole nitrogens is 1. The summed E-state index contributed by atoms with van der Waals surface area (Å²) in [5.74, 6) is 1.44. The van der Waals surface area contributed by atoms with Crippen molar-refractivity contribution in [2.75, 3.05) is 42.6 Å². The number of hydrogen-bond donors (Lipinski definition) is 3. The smallest absolute Gasteiger partial charge is 0.410 e. The monoisotopic (exact) mass is 394 g/mol. The predicted molar refractivity (Wildman–Crippen MR) is 109 cm³/mol. The lowest BCUT2D eigenvalue weighted by Gasteiger charge is -2.37. The highest BCUT2D eigenvalue weighted by atomic mass is 16.6. The Morgan fingerprint density at radius 3 is 2.90 bits per heavy atom. The van der Waals surface area contributed by atoms with E-state index in [0.717, 1.165) is 47.4 Å². The van der Waals surface area contributed by atoms with Crippen LogP contribution in [0.3, 0.4) is 0 Å². The number of amides is 1. The van der Waals surface area contributed by atoms with Crippen LogP contribution in [0.5, 0.6) is 0 Å². The van der Waals surface area contributed by atoms with Gasteiger partial charge in [-0.1, -0.05) is 6.07 Å². The maximum atomic E-state index is 11.9. The van der Waals surface area contributed by atoms with Crippen molar-refractivity contribution in [3.8, 4) is 11.3 Å². The molecule has 2 aromatic heterocycles. The number of cyclic esters (lactones) is 1. The molecule has 5 N–H and O–H groups in total. The van der Waals surface area contributed by atoms with Crippen LogP contribution in [0.15, 0.2) is 24.3 Å². The molecule has 3 aromatic rings. The zero-order valence-electron chi connectivity index (χ0n) is 15.8. The molecule has 1 atom stereocenters. The molecule has 10 nitrogen and oxygen atoms in total. The number of piperidine rings is 1. The molecule has 5 rings (SSSR count). The molecule has 0 saturated carbocycles. The molecule has 0 aliphatic carbocycles. The van der Waals surface area contributed by atoms with Crippen LogP contribution < -0.4 is 16.4 Å². The summed E-state index contributed by atoms with van der Waals surface area (Å²) in [5.41, 5.74) is 14.3. The summed E-state index contributed by atoms with van der Waals surface area (Å²) in [7, 11) is 0. The molecule has 2 aliphatic heterocycles. The molecule has 2 aliphatic rings. The fraction of sp³-hybridized carbons (Fsp3) is 0.368. The third-order valence-corrected chi connectivity index (χ3v) is 5.57. The lowest BCUT2D eigenvalue weighted by Crippen LogP contribution is -2.48. The first-order valence-electron chi connectivity index (χ1n) is 9.65. The minimum absolute atomic E-state index is 0.114. The van der Waals surface area contributed by atoms with E-state index in [4.69, 9.17) is 16.2 Å². The van der Waals surface area contributed by atoms with Crippen LogP contribution in [0.4, 0.5) is 22.4 Å². The number of hydrogen-bond acceptors (Lipinski definition) is 8. The first-order valence-corrected chi connectivity index (χ1v) is 9.65. The lowest BCUT2D eigenvalue weighted by molar-refractivity contribution is 0.144. The number of carbonyl (C=O) groups excluding carboxylic acids is 1. The number of nitrogens with two attached hydrogens (primary N) is 2. The normalized spacial score (nSPS) is 19.7. The van der Waals surface area contributed by atoms with Gasteiger partial charge in [-0.2, -0.15) is 10.1 Å². The average Bonchev–Trinajstić information content (AvgIpc) is 3.33. The second-order valence-corrected chi connectivity index (χ2v) is 7.39. The van der Waals surface area contributed by atoms with Crippen LogP contribution in [-0.4, -0.2) is 63.4 Å². The summed E-state index contributed by atoms with van der Waals surface area (Å²) in [5, 5.41) is 7.83. The Balaban J connectivity index is 1.44. The SMILES string of the molecule is Nc1nc(-c2ccc3c(N)n[nH]c3c2)cc(N2CCC[C@@H](N3CCOC3=O)C2)n1. The van der Waals surface area contributed by atoms with Crippen LogP contribution in [0.25, 0.3) is 22.2 Å². The number of nitrogens with one attached hydrogen (secondary N) is 1. The van der Waals surface area contributed by atoms with Gasteiger partial charge in [-0.05, 0) is 25.0 Å². The average molecular weight is 394 g/mol. The number of aromatic nitrogens is 4. The van der Waals surface area contributed by atoms with E-state index in [1.165, 1.54) is 0 Å². The molecule has 1 aromatic carbocycles. The molecule has 2 fully saturated rings. The van der Waals surface area contributed by atoms with E-state index in [9.17, 15) is 4.79 Å². The van der Waals surface area contributed by atoms with E-state index in [1.54, 1.807) is 0 Å². The summed E-state index contributed by atoms with van der Waals surface area (Å²) >= 11 is 0. The van der Waals surface area contributed by atoms with Crippen LogP contribution in [0.2, 0.25) is 0 Å². The van der Waals surface area contributed by atoms with Gasteiger partial charge >= 0.3 is 6.09 Å². The quantitative estimate of drug-likeness (QED) is 0.609.